The molecule has 0 bridgehead atoms. The predicted octanol–water partition coefficient (Wildman–Crippen LogP) is 4.28. The standard InChI is InChI=1S/C12H14F8O2/c1-4-6-21-12(20,22-7-5-2)11(18,19)10(16,17)9(14,15)8(3)13/h4-5,8H,1-2,6-7H2,3H3. The minimum Gasteiger partial charge on any atom is -0.315 e. The summed E-state index contributed by atoms with van der Waals surface area (Å²) in [5, 5.41) is 0. The van der Waals surface area contributed by atoms with Crippen LogP contribution in [0.1, 0.15) is 6.92 Å². The molecular formula is C12H14F8O2. The molecule has 0 rings (SSSR count). The maximum Gasteiger partial charge on any atom is 0.400 e. The first kappa shape index (κ1) is 20.8. The van der Waals surface area contributed by atoms with Gasteiger partial charge in [-0.25, -0.2) is 4.39 Å². The molecule has 1 atom stereocenters. The molecule has 0 radical (unpaired) electrons. The molecule has 0 heterocycles. The molecule has 0 aromatic rings. The summed E-state index contributed by atoms with van der Waals surface area (Å²) in [5.41, 5.74) is 0. The van der Waals surface area contributed by atoms with Gasteiger partial charge in [0.2, 0.25) is 0 Å². The molecule has 0 fully saturated rings. The van der Waals surface area contributed by atoms with E-state index < -0.39 is 43.2 Å². The molecular weight excluding hydrogens is 328 g/mol. The number of halogens is 8. The van der Waals surface area contributed by atoms with Gasteiger partial charge in [0.1, 0.15) is 0 Å². The number of alkyl halides is 8. The van der Waals surface area contributed by atoms with Crippen LogP contribution in [0.5, 0.6) is 0 Å². The van der Waals surface area contributed by atoms with Gasteiger partial charge in [-0.05, 0) is 6.92 Å². The van der Waals surface area contributed by atoms with Gasteiger partial charge in [0, 0.05) is 0 Å². The second-order valence-electron chi connectivity index (χ2n) is 4.12. The summed E-state index contributed by atoms with van der Waals surface area (Å²) in [4.78, 5) is 0. The molecule has 0 amide bonds. The van der Waals surface area contributed by atoms with E-state index >= 15 is 0 Å². The zero-order valence-electron chi connectivity index (χ0n) is 11.4. The lowest BCUT2D eigenvalue weighted by Gasteiger charge is -2.39. The molecule has 130 valence electrons. The van der Waals surface area contributed by atoms with Crippen LogP contribution >= 0.6 is 0 Å². The van der Waals surface area contributed by atoms with Crippen molar-refractivity contribution in [1.82, 2.24) is 0 Å². The smallest absolute Gasteiger partial charge is 0.315 e. The molecule has 0 saturated heterocycles. The Balaban J connectivity index is 5.85. The van der Waals surface area contributed by atoms with E-state index in [2.05, 4.69) is 22.6 Å². The first-order valence-electron chi connectivity index (χ1n) is 5.78. The molecule has 0 aliphatic rings. The second kappa shape index (κ2) is 6.95. The number of ether oxygens (including phenoxy) is 2. The van der Waals surface area contributed by atoms with Gasteiger partial charge >= 0.3 is 23.8 Å². The Hall–Kier alpha value is -1.16. The van der Waals surface area contributed by atoms with E-state index in [-0.39, 0.29) is 6.92 Å². The average Bonchev–Trinajstić information content (AvgIpc) is 2.41. The van der Waals surface area contributed by atoms with Gasteiger partial charge in [-0.2, -0.15) is 30.7 Å². The van der Waals surface area contributed by atoms with Gasteiger partial charge in [0.25, 0.3) is 0 Å². The van der Waals surface area contributed by atoms with Crippen molar-refractivity contribution in [3.63, 3.8) is 0 Å². The average molecular weight is 342 g/mol. The monoisotopic (exact) mass is 342 g/mol. The topological polar surface area (TPSA) is 18.5 Å². The van der Waals surface area contributed by atoms with Crippen LogP contribution < -0.4 is 0 Å². The van der Waals surface area contributed by atoms with Gasteiger partial charge in [-0.1, -0.05) is 12.2 Å². The zero-order chi connectivity index (χ0) is 17.8. The zero-order valence-corrected chi connectivity index (χ0v) is 11.4. The number of hydrogen-bond donors (Lipinski definition) is 0. The first-order valence-corrected chi connectivity index (χ1v) is 5.78. The first-order chi connectivity index (χ1) is 9.81. The lowest BCUT2D eigenvalue weighted by Crippen LogP contribution is -2.67. The summed E-state index contributed by atoms with van der Waals surface area (Å²) >= 11 is 0. The van der Waals surface area contributed by atoms with Crippen molar-refractivity contribution in [2.24, 2.45) is 0 Å². The lowest BCUT2D eigenvalue weighted by atomic mass is 9.99. The van der Waals surface area contributed by atoms with E-state index in [4.69, 9.17) is 0 Å². The van der Waals surface area contributed by atoms with Crippen LogP contribution in [0.4, 0.5) is 35.1 Å². The normalized spacial score (nSPS) is 15.5. The van der Waals surface area contributed by atoms with Crippen LogP contribution in [-0.4, -0.2) is 43.2 Å². The third kappa shape index (κ3) is 3.43. The molecule has 0 aromatic carbocycles. The molecule has 0 spiro atoms. The van der Waals surface area contributed by atoms with Crippen molar-refractivity contribution < 1.29 is 44.6 Å². The molecule has 22 heavy (non-hydrogen) atoms. The van der Waals surface area contributed by atoms with Crippen LogP contribution in [-0.2, 0) is 9.47 Å². The molecule has 2 nitrogen and oxygen atoms in total. The minimum absolute atomic E-state index is 0.0703. The fourth-order valence-corrected chi connectivity index (χ4v) is 1.20. The lowest BCUT2D eigenvalue weighted by molar-refractivity contribution is -0.460. The van der Waals surface area contributed by atoms with Gasteiger partial charge < -0.3 is 9.47 Å². The van der Waals surface area contributed by atoms with Gasteiger partial charge in [0.05, 0.1) is 13.2 Å². The van der Waals surface area contributed by atoms with Crippen LogP contribution in [0, 0.1) is 0 Å². The van der Waals surface area contributed by atoms with Crippen LogP contribution in [0.15, 0.2) is 25.3 Å². The van der Waals surface area contributed by atoms with Crippen molar-refractivity contribution >= 4 is 0 Å². The maximum absolute atomic E-state index is 14.0. The van der Waals surface area contributed by atoms with E-state index in [9.17, 15) is 35.1 Å². The summed E-state index contributed by atoms with van der Waals surface area (Å²) in [7, 11) is 0. The Bertz CT molecular complexity index is 383. The van der Waals surface area contributed by atoms with E-state index in [1.165, 1.54) is 0 Å². The van der Waals surface area contributed by atoms with E-state index in [0.29, 0.717) is 12.2 Å². The second-order valence-corrected chi connectivity index (χ2v) is 4.12. The molecule has 0 aromatic heterocycles. The van der Waals surface area contributed by atoms with Gasteiger partial charge in [-0.3, -0.25) is 0 Å². The van der Waals surface area contributed by atoms with Crippen LogP contribution in [0.2, 0.25) is 0 Å². The van der Waals surface area contributed by atoms with Crippen molar-refractivity contribution in [3.8, 4) is 0 Å². The summed E-state index contributed by atoms with van der Waals surface area (Å²) in [6.07, 6.45) is -2.30. The molecule has 0 aliphatic heterocycles. The highest BCUT2D eigenvalue weighted by atomic mass is 19.4. The highest BCUT2D eigenvalue weighted by Gasteiger charge is 2.82. The Labute approximate surface area is 121 Å². The summed E-state index contributed by atoms with van der Waals surface area (Å²) in [6, 6.07) is -4.95. The van der Waals surface area contributed by atoms with Crippen molar-refractivity contribution in [2.75, 3.05) is 13.2 Å². The Kier molecular flexibility index (Phi) is 6.58. The summed E-state index contributed by atoms with van der Waals surface area (Å²) in [5.74, 6) is -18.5. The number of rotatable bonds is 10. The van der Waals surface area contributed by atoms with Crippen molar-refractivity contribution in [2.45, 2.75) is 36.9 Å². The molecule has 10 heteroatoms. The Morgan fingerprint density at radius 2 is 1.23 bits per heavy atom. The van der Waals surface area contributed by atoms with E-state index in [1.807, 2.05) is 0 Å². The molecule has 0 aliphatic carbocycles. The SMILES string of the molecule is C=CCOC(F)(OCC=C)C(F)(F)C(F)(F)C(F)(F)C(C)F. The largest absolute Gasteiger partial charge is 0.400 e. The van der Waals surface area contributed by atoms with Crippen molar-refractivity contribution in [3.05, 3.63) is 25.3 Å². The fourth-order valence-electron chi connectivity index (χ4n) is 1.20. The quantitative estimate of drug-likeness (QED) is 0.335. The molecule has 0 N–H and O–H groups in total. The predicted molar refractivity (Wildman–Crippen MR) is 61.5 cm³/mol. The Morgan fingerprint density at radius 3 is 1.50 bits per heavy atom. The third-order valence-corrected chi connectivity index (χ3v) is 2.46. The summed E-state index contributed by atoms with van der Waals surface area (Å²) < 4.78 is 114. The fraction of sp³-hybridized carbons (Fsp3) is 0.667. The minimum atomic E-state index is -6.44. The molecule has 0 saturated carbocycles. The van der Waals surface area contributed by atoms with E-state index in [1.54, 1.807) is 0 Å². The Morgan fingerprint density at radius 1 is 0.864 bits per heavy atom. The molecule has 1 unspecified atom stereocenters. The number of hydrogen-bond acceptors (Lipinski definition) is 2. The van der Waals surface area contributed by atoms with Crippen LogP contribution in [0.25, 0.3) is 0 Å². The highest BCUT2D eigenvalue weighted by Crippen LogP contribution is 2.54. The van der Waals surface area contributed by atoms with Gasteiger partial charge in [0.15, 0.2) is 6.17 Å². The van der Waals surface area contributed by atoms with Crippen molar-refractivity contribution in [1.29, 1.82) is 0 Å². The maximum atomic E-state index is 14.0. The van der Waals surface area contributed by atoms with Crippen LogP contribution in [0.3, 0.4) is 0 Å². The highest BCUT2D eigenvalue weighted by molar-refractivity contribution is 5.03. The van der Waals surface area contributed by atoms with Gasteiger partial charge in [-0.15, -0.1) is 13.2 Å². The summed E-state index contributed by atoms with van der Waals surface area (Å²) in [6.45, 7) is 3.73. The third-order valence-electron chi connectivity index (χ3n) is 2.46. The van der Waals surface area contributed by atoms with E-state index in [0.717, 1.165) is 0 Å².